The fourth-order valence-electron chi connectivity index (χ4n) is 2.46. The average molecular weight is 307 g/mol. The highest BCUT2D eigenvalue weighted by atomic mass is 16.3. The van der Waals surface area contributed by atoms with Crippen molar-refractivity contribution in [1.29, 1.82) is 0 Å². The summed E-state index contributed by atoms with van der Waals surface area (Å²) in [6, 6.07) is 13.0. The van der Waals surface area contributed by atoms with Crippen LogP contribution in [0.4, 0.5) is 5.69 Å². The number of nitrogens with one attached hydrogen (secondary N) is 1. The molecule has 5 nitrogen and oxygen atoms in total. The fourth-order valence-corrected chi connectivity index (χ4v) is 2.46. The van der Waals surface area contributed by atoms with Gasteiger partial charge >= 0.3 is 0 Å². The summed E-state index contributed by atoms with van der Waals surface area (Å²) < 4.78 is 0. The number of nitrogens with zero attached hydrogens (tertiary/aromatic N) is 2. The molecule has 0 aliphatic carbocycles. The first-order valence-electron chi connectivity index (χ1n) is 7.45. The van der Waals surface area contributed by atoms with Crippen molar-refractivity contribution in [3.8, 4) is 5.88 Å². The van der Waals surface area contributed by atoms with Crippen molar-refractivity contribution < 1.29 is 9.90 Å². The summed E-state index contributed by atoms with van der Waals surface area (Å²) in [5.74, 6) is -0.525. The van der Waals surface area contributed by atoms with Gasteiger partial charge in [-0.05, 0) is 43.2 Å². The average Bonchev–Trinajstić information content (AvgIpc) is 2.87. The molecule has 0 spiro atoms. The van der Waals surface area contributed by atoms with E-state index in [1.165, 1.54) is 0 Å². The third-order valence-corrected chi connectivity index (χ3v) is 3.73. The van der Waals surface area contributed by atoms with Gasteiger partial charge in [0, 0.05) is 10.9 Å². The van der Waals surface area contributed by atoms with Gasteiger partial charge in [-0.1, -0.05) is 30.7 Å². The van der Waals surface area contributed by atoms with E-state index in [2.05, 4.69) is 22.1 Å². The number of hydrogen-bond acceptors (Lipinski definition) is 3. The molecule has 0 aliphatic rings. The van der Waals surface area contributed by atoms with Gasteiger partial charge in [0.15, 0.2) is 5.69 Å². The normalized spacial score (nSPS) is 11.4. The molecule has 0 saturated heterocycles. The Morgan fingerprint density at radius 3 is 2.78 bits per heavy atom. The van der Waals surface area contributed by atoms with E-state index in [1.807, 2.05) is 31.2 Å². The number of rotatable bonds is 3. The van der Waals surface area contributed by atoms with Crippen molar-refractivity contribution in [2.24, 2.45) is 10.2 Å². The van der Waals surface area contributed by atoms with Gasteiger partial charge in [-0.2, -0.15) is 0 Å². The molecule has 3 rings (SSSR count). The van der Waals surface area contributed by atoms with E-state index in [9.17, 15) is 9.90 Å². The second kappa shape index (κ2) is 6.04. The highest BCUT2D eigenvalue weighted by molar-refractivity contribution is 5.97. The molecular formula is C18H17N3O2. The molecule has 23 heavy (non-hydrogen) atoms. The van der Waals surface area contributed by atoms with Crippen LogP contribution < -0.4 is 0 Å². The molecule has 1 amide bonds. The van der Waals surface area contributed by atoms with Crippen LogP contribution in [0.2, 0.25) is 0 Å². The number of H-pyrrole nitrogens is 1. The molecule has 0 saturated carbocycles. The fraction of sp³-hybridized carbons (Fsp3) is 0.167. The number of hydrogen-bond donors (Lipinski definition) is 2. The van der Waals surface area contributed by atoms with Crippen molar-refractivity contribution in [2.45, 2.75) is 20.3 Å². The lowest BCUT2D eigenvalue weighted by molar-refractivity contribution is 0.0995. The first-order chi connectivity index (χ1) is 11.1. The Morgan fingerprint density at radius 1 is 1.22 bits per heavy atom. The second-order valence-corrected chi connectivity index (χ2v) is 5.43. The first kappa shape index (κ1) is 15.0. The van der Waals surface area contributed by atoms with E-state index in [0.29, 0.717) is 5.56 Å². The van der Waals surface area contributed by atoms with Crippen LogP contribution >= 0.6 is 0 Å². The number of azo groups is 1. The molecule has 0 radical (unpaired) electrons. The van der Waals surface area contributed by atoms with Gasteiger partial charge in [0.25, 0.3) is 5.91 Å². The molecule has 0 unspecified atom stereocenters. The zero-order valence-electron chi connectivity index (χ0n) is 13.0. The summed E-state index contributed by atoms with van der Waals surface area (Å²) in [6.45, 7) is 3.96. The molecular weight excluding hydrogens is 290 g/mol. The van der Waals surface area contributed by atoms with Crippen LogP contribution in [-0.4, -0.2) is 16.0 Å². The van der Waals surface area contributed by atoms with Crippen LogP contribution in [0.15, 0.2) is 52.7 Å². The second-order valence-electron chi connectivity index (χ2n) is 5.43. The maximum absolute atomic E-state index is 12.1. The zero-order valence-corrected chi connectivity index (χ0v) is 13.0. The molecule has 0 atom stereocenters. The molecule has 5 heteroatoms. The quantitative estimate of drug-likeness (QED) is 0.690. The summed E-state index contributed by atoms with van der Waals surface area (Å²) in [7, 11) is 0. The van der Waals surface area contributed by atoms with E-state index in [1.54, 1.807) is 18.2 Å². The number of aromatic nitrogens is 1. The molecule has 2 N–H and O–H groups in total. The summed E-state index contributed by atoms with van der Waals surface area (Å²) in [5, 5.41) is 18.5. The standard InChI is InChI=1S/C18H17N3O2/c1-3-12-7-8-15-14(10-12)16(18(23)19-15)20-21-17(22)13-6-4-5-11(2)9-13/h4-10,19,23H,3H2,1-2H3. The van der Waals surface area contributed by atoms with Crippen molar-refractivity contribution in [2.75, 3.05) is 0 Å². The van der Waals surface area contributed by atoms with Gasteiger partial charge in [-0.25, -0.2) is 0 Å². The highest BCUT2D eigenvalue weighted by Crippen LogP contribution is 2.36. The van der Waals surface area contributed by atoms with Crippen LogP contribution in [0, 0.1) is 6.92 Å². The minimum atomic E-state index is -0.436. The van der Waals surface area contributed by atoms with Crippen LogP contribution in [-0.2, 0) is 6.42 Å². The van der Waals surface area contributed by atoms with E-state index < -0.39 is 5.91 Å². The maximum atomic E-state index is 12.1. The minimum absolute atomic E-state index is 0.0888. The Kier molecular flexibility index (Phi) is 3.93. The lowest BCUT2D eigenvalue weighted by Gasteiger charge is -1.98. The van der Waals surface area contributed by atoms with E-state index in [-0.39, 0.29) is 11.6 Å². The van der Waals surface area contributed by atoms with Crippen LogP contribution in [0.25, 0.3) is 10.9 Å². The number of benzene rings is 2. The molecule has 116 valence electrons. The summed E-state index contributed by atoms with van der Waals surface area (Å²) in [5.41, 5.74) is 3.63. The van der Waals surface area contributed by atoms with Gasteiger partial charge in [-0.15, -0.1) is 10.2 Å². The third kappa shape index (κ3) is 2.99. The highest BCUT2D eigenvalue weighted by Gasteiger charge is 2.12. The molecule has 0 fully saturated rings. The zero-order chi connectivity index (χ0) is 16.4. The molecule has 3 aromatic rings. The first-order valence-corrected chi connectivity index (χ1v) is 7.45. The predicted octanol–water partition coefficient (Wildman–Crippen LogP) is 4.67. The smallest absolute Gasteiger partial charge is 0.295 e. The van der Waals surface area contributed by atoms with Crippen LogP contribution in [0.1, 0.15) is 28.4 Å². The maximum Gasteiger partial charge on any atom is 0.295 e. The number of carbonyl (C=O) groups excluding carboxylic acids is 1. The SMILES string of the molecule is CCc1ccc2[nH]c(O)c(N=NC(=O)c3cccc(C)c3)c2c1. The lowest BCUT2D eigenvalue weighted by atomic mass is 10.1. The third-order valence-electron chi connectivity index (χ3n) is 3.73. The van der Waals surface area contributed by atoms with Crippen molar-refractivity contribution >= 4 is 22.5 Å². The topological polar surface area (TPSA) is 77.8 Å². The van der Waals surface area contributed by atoms with Gasteiger partial charge in [0.05, 0.1) is 5.52 Å². The molecule has 1 aromatic heterocycles. The largest absolute Gasteiger partial charge is 0.493 e. The van der Waals surface area contributed by atoms with Crippen molar-refractivity contribution in [3.05, 3.63) is 59.2 Å². The number of amides is 1. The van der Waals surface area contributed by atoms with Gasteiger partial charge in [-0.3, -0.25) is 4.79 Å². The summed E-state index contributed by atoms with van der Waals surface area (Å²) in [6.07, 6.45) is 0.876. The predicted molar refractivity (Wildman–Crippen MR) is 89.4 cm³/mol. The molecule has 0 bridgehead atoms. The Balaban J connectivity index is 1.97. The van der Waals surface area contributed by atoms with Crippen LogP contribution in [0.5, 0.6) is 5.88 Å². The van der Waals surface area contributed by atoms with Crippen LogP contribution in [0.3, 0.4) is 0 Å². The molecule has 2 aromatic carbocycles. The summed E-state index contributed by atoms with van der Waals surface area (Å²) >= 11 is 0. The minimum Gasteiger partial charge on any atom is -0.493 e. The van der Waals surface area contributed by atoms with E-state index in [0.717, 1.165) is 28.5 Å². The lowest BCUT2D eigenvalue weighted by Crippen LogP contribution is -1.93. The number of fused-ring (bicyclic) bond motifs is 1. The van der Waals surface area contributed by atoms with Gasteiger partial charge < -0.3 is 10.1 Å². The van der Waals surface area contributed by atoms with Gasteiger partial charge in [0.2, 0.25) is 5.88 Å². The molecule has 0 aliphatic heterocycles. The molecule has 1 heterocycles. The Bertz CT molecular complexity index is 910. The number of aryl methyl sites for hydroxylation is 2. The Morgan fingerprint density at radius 2 is 2.04 bits per heavy atom. The Hall–Kier alpha value is -2.95. The Labute approximate surface area is 133 Å². The summed E-state index contributed by atoms with van der Waals surface area (Å²) in [4.78, 5) is 15.0. The number of aromatic hydroxyl groups is 1. The number of carbonyl (C=O) groups is 1. The van der Waals surface area contributed by atoms with E-state index in [4.69, 9.17) is 0 Å². The van der Waals surface area contributed by atoms with Gasteiger partial charge in [0.1, 0.15) is 0 Å². The van der Waals surface area contributed by atoms with E-state index >= 15 is 0 Å². The van der Waals surface area contributed by atoms with Crippen molar-refractivity contribution in [1.82, 2.24) is 4.98 Å². The number of aromatic amines is 1. The van der Waals surface area contributed by atoms with Crippen molar-refractivity contribution in [3.63, 3.8) is 0 Å². The monoisotopic (exact) mass is 307 g/mol.